The van der Waals surface area contributed by atoms with Gasteiger partial charge in [0.25, 0.3) is 5.56 Å². The maximum absolute atomic E-state index is 13.3. The lowest BCUT2D eigenvalue weighted by molar-refractivity contribution is -0.130. The Kier molecular flexibility index (Phi) is 5.26. The number of amides is 1. The van der Waals surface area contributed by atoms with Gasteiger partial charge in [-0.05, 0) is 30.5 Å². The normalized spacial score (nSPS) is 18.3. The Morgan fingerprint density at radius 1 is 1.00 bits per heavy atom. The van der Waals surface area contributed by atoms with Crippen LogP contribution in [0.5, 0.6) is 5.75 Å². The summed E-state index contributed by atoms with van der Waals surface area (Å²) in [6, 6.07) is 17.3. The molecule has 2 aliphatic rings. The minimum absolute atomic E-state index is 0.0148. The number of hydrazine groups is 1. The summed E-state index contributed by atoms with van der Waals surface area (Å²) in [5, 5.41) is 17.7. The van der Waals surface area contributed by atoms with Gasteiger partial charge in [-0.3, -0.25) is 19.8 Å². The topological polar surface area (TPSA) is 115 Å². The third-order valence-corrected chi connectivity index (χ3v) is 6.06. The van der Waals surface area contributed by atoms with Crippen molar-refractivity contribution in [1.82, 2.24) is 15.2 Å². The van der Waals surface area contributed by atoms with Gasteiger partial charge in [-0.1, -0.05) is 42.5 Å². The van der Waals surface area contributed by atoms with E-state index in [0.717, 1.165) is 11.1 Å². The molecule has 1 aromatic heterocycles. The van der Waals surface area contributed by atoms with Crippen LogP contribution in [0.25, 0.3) is 11.3 Å². The quantitative estimate of drug-likeness (QED) is 0.570. The lowest BCUT2D eigenvalue weighted by Crippen LogP contribution is -2.43. The van der Waals surface area contributed by atoms with Crippen molar-refractivity contribution in [3.8, 4) is 17.0 Å². The fourth-order valence-corrected chi connectivity index (χ4v) is 4.54. The van der Waals surface area contributed by atoms with Crippen molar-refractivity contribution in [1.29, 1.82) is 0 Å². The summed E-state index contributed by atoms with van der Waals surface area (Å²) in [4.78, 5) is 38.3. The summed E-state index contributed by atoms with van der Waals surface area (Å²) in [7, 11) is 0. The molecule has 0 spiro atoms. The molecule has 3 aromatic rings. The number of rotatable bonds is 4. The minimum atomic E-state index is -0.405. The molecule has 0 fully saturated rings. The number of carbonyl (C=O) groups excluding carboxylic acids is 2. The first-order valence-electron chi connectivity index (χ1n) is 10.8. The van der Waals surface area contributed by atoms with Crippen LogP contribution in [-0.4, -0.2) is 32.0 Å². The molecule has 0 saturated heterocycles. The molecule has 0 radical (unpaired) electrons. The van der Waals surface area contributed by atoms with Crippen LogP contribution in [-0.2, 0) is 9.59 Å². The number of phenolic OH excluding ortho intramolecular Hbond substituents is 1. The number of hydrogen-bond donors (Lipinski definition) is 3. The molecule has 1 atom stereocenters. The van der Waals surface area contributed by atoms with Crippen molar-refractivity contribution in [2.24, 2.45) is 0 Å². The first-order valence-corrected chi connectivity index (χ1v) is 10.8. The third kappa shape index (κ3) is 3.91. The molecule has 33 heavy (non-hydrogen) atoms. The molecule has 1 aliphatic carbocycles. The SMILES string of the molecule is O=C1CCCC2=C1C(c1ccc(O)cc1)CC(=O)N2Nc1cc(=O)[nH]nc1-c1ccccc1. The summed E-state index contributed by atoms with van der Waals surface area (Å²) in [6.45, 7) is 0. The second-order valence-corrected chi connectivity index (χ2v) is 8.19. The molecule has 2 aromatic carbocycles. The zero-order valence-electron chi connectivity index (χ0n) is 17.7. The lowest BCUT2D eigenvalue weighted by atomic mass is 9.77. The van der Waals surface area contributed by atoms with Crippen molar-refractivity contribution in [2.45, 2.75) is 31.6 Å². The Morgan fingerprint density at radius 3 is 2.52 bits per heavy atom. The van der Waals surface area contributed by atoms with Crippen LogP contribution < -0.4 is 11.0 Å². The van der Waals surface area contributed by atoms with Crippen LogP contribution in [0.2, 0.25) is 0 Å². The molecular weight excluding hydrogens is 420 g/mol. The maximum atomic E-state index is 13.3. The standard InChI is InChI=1S/C25H22N4O4/c30-17-11-9-15(10-12-17)18-13-23(33)29(20-7-4-8-21(31)24(18)20)28-19-14-22(32)26-27-25(19)16-5-2-1-3-6-16/h1-3,5-6,9-12,14,18,30H,4,7-8,13H2,(H2,26,28,32). The van der Waals surface area contributed by atoms with Gasteiger partial charge in [-0.2, -0.15) is 5.10 Å². The van der Waals surface area contributed by atoms with Gasteiger partial charge in [0.15, 0.2) is 5.78 Å². The van der Waals surface area contributed by atoms with Crippen LogP contribution in [0, 0.1) is 0 Å². The van der Waals surface area contributed by atoms with Crippen LogP contribution >= 0.6 is 0 Å². The average Bonchev–Trinajstić information content (AvgIpc) is 2.82. The average molecular weight is 442 g/mol. The highest BCUT2D eigenvalue weighted by Crippen LogP contribution is 2.42. The molecule has 5 rings (SSSR count). The van der Waals surface area contributed by atoms with Gasteiger partial charge in [0.1, 0.15) is 11.4 Å². The number of allylic oxidation sites excluding steroid dienone is 2. The molecular formula is C25H22N4O4. The van der Waals surface area contributed by atoms with Crippen molar-refractivity contribution < 1.29 is 14.7 Å². The summed E-state index contributed by atoms with van der Waals surface area (Å²) >= 11 is 0. The summed E-state index contributed by atoms with van der Waals surface area (Å²) < 4.78 is 0. The van der Waals surface area contributed by atoms with Crippen molar-refractivity contribution in [3.05, 3.63) is 87.9 Å². The van der Waals surface area contributed by atoms with Crippen molar-refractivity contribution >= 4 is 17.4 Å². The highest BCUT2D eigenvalue weighted by Gasteiger charge is 2.39. The van der Waals surface area contributed by atoms with E-state index in [2.05, 4.69) is 15.6 Å². The molecule has 166 valence electrons. The number of hydrogen-bond acceptors (Lipinski definition) is 6. The number of nitrogens with zero attached hydrogens (tertiary/aromatic N) is 2. The van der Waals surface area contributed by atoms with Gasteiger partial charge >= 0.3 is 0 Å². The number of phenols is 1. The number of aromatic hydroxyl groups is 1. The predicted octanol–water partition coefficient (Wildman–Crippen LogP) is 3.49. The van der Waals surface area contributed by atoms with E-state index in [-0.39, 0.29) is 29.8 Å². The smallest absolute Gasteiger partial charge is 0.266 e. The van der Waals surface area contributed by atoms with E-state index >= 15 is 0 Å². The van der Waals surface area contributed by atoms with E-state index in [1.807, 2.05) is 30.3 Å². The highest BCUT2D eigenvalue weighted by atomic mass is 16.3. The Morgan fingerprint density at radius 2 is 1.76 bits per heavy atom. The van der Waals surface area contributed by atoms with Crippen molar-refractivity contribution in [3.63, 3.8) is 0 Å². The second kappa shape index (κ2) is 8.38. The Bertz CT molecular complexity index is 1310. The number of benzene rings is 2. The first-order chi connectivity index (χ1) is 16.0. The van der Waals surface area contributed by atoms with Crippen molar-refractivity contribution in [2.75, 3.05) is 5.43 Å². The number of H-pyrrole nitrogens is 1. The number of nitrogens with one attached hydrogen (secondary N) is 2. The molecule has 3 N–H and O–H groups in total. The van der Waals surface area contributed by atoms with E-state index in [1.54, 1.807) is 24.3 Å². The number of ketones is 1. The van der Waals surface area contributed by atoms with E-state index in [0.29, 0.717) is 41.9 Å². The van der Waals surface area contributed by atoms with Gasteiger partial charge in [0, 0.05) is 36.0 Å². The fraction of sp³-hybridized carbons (Fsp3) is 0.200. The predicted molar refractivity (Wildman–Crippen MR) is 122 cm³/mol. The fourth-order valence-electron chi connectivity index (χ4n) is 4.54. The minimum Gasteiger partial charge on any atom is -0.508 e. The van der Waals surface area contributed by atoms with Crippen LogP contribution in [0.3, 0.4) is 0 Å². The zero-order chi connectivity index (χ0) is 22.9. The molecule has 2 heterocycles. The summed E-state index contributed by atoms with van der Waals surface area (Å²) in [6.07, 6.45) is 1.73. The van der Waals surface area contributed by atoms with Gasteiger partial charge in [-0.15, -0.1) is 0 Å². The molecule has 1 aliphatic heterocycles. The number of aromatic amines is 1. The van der Waals surface area contributed by atoms with Gasteiger partial charge in [0.2, 0.25) is 5.91 Å². The lowest BCUT2D eigenvalue weighted by Gasteiger charge is -2.38. The maximum Gasteiger partial charge on any atom is 0.266 e. The molecule has 8 nitrogen and oxygen atoms in total. The summed E-state index contributed by atoms with van der Waals surface area (Å²) in [5.41, 5.74) is 6.38. The molecule has 1 unspecified atom stereocenters. The van der Waals surface area contributed by atoms with E-state index in [1.165, 1.54) is 11.1 Å². The Hall–Kier alpha value is -4.20. The Balaban J connectivity index is 1.58. The molecule has 0 saturated carbocycles. The molecule has 0 bridgehead atoms. The van der Waals surface area contributed by atoms with E-state index in [4.69, 9.17) is 0 Å². The zero-order valence-corrected chi connectivity index (χ0v) is 17.7. The number of aromatic nitrogens is 2. The largest absolute Gasteiger partial charge is 0.508 e. The van der Waals surface area contributed by atoms with E-state index < -0.39 is 5.56 Å². The number of Topliss-reactive ketones (excluding diaryl/α,β-unsaturated/α-hetero) is 1. The van der Waals surface area contributed by atoms with Gasteiger partial charge in [0.05, 0.1) is 11.4 Å². The summed E-state index contributed by atoms with van der Waals surface area (Å²) in [5.74, 6) is -0.435. The molecule has 8 heteroatoms. The number of carbonyl (C=O) groups is 2. The van der Waals surface area contributed by atoms with Crippen LogP contribution in [0.1, 0.15) is 37.2 Å². The van der Waals surface area contributed by atoms with E-state index in [9.17, 15) is 19.5 Å². The second-order valence-electron chi connectivity index (χ2n) is 8.19. The molecule has 1 amide bonds. The van der Waals surface area contributed by atoms with Crippen LogP contribution in [0.15, 0.2) is 76.7 Å². The monoisotopic (exact) mass is 442 g/mol. The van der Waals surface area contributed by atoms with Crippen LogP contribution in [0.4, 0.5) is 5.69 Å². The van der Waals surface area contributed by atoms with Gasteiger partial charge < -0.3 is 5.11 Å². The number of anilines is 1. The third-order valence-electron chi connectivity index (χ3n) is 6.06. The Labute approximate surface area is 189 Å². The van der Waals surface area contributed by atoms with Gasteiger partial charge in [-0.25, -0.2) is 10.1 Å². The first kappa shape index (κ1) is 20.7. The highest BCUT2D eigenvalue weighted by molar-refractivity contribution is 6.01.